The fourth-order valence-corrected chi connectivity index (χ4v) is 1.54. The van der Waals surface area contributed by atoms with Crippen LogP contribution in [-0.2, 0) is 9.53 Å². The van der Waals surface area contributed by atoms with E-state index in [0.29, 0.717) is 5.76 Å². The summed E-state index contributed by atoms with van der Waals surface area (Å²) in [6, 6.07) is 0. The van der Waals surface area contributed by atoms with Crippen molar-refractivity contribution in [1.29, 1.82) is 0 Å². The van der Waals surface area contributed by atoms with Crippen LogP contribution in [0.15, 0.2) is 23.5 Å². The van der Waals surface area contributed by atoms with Gasteiger partial charge in [0.2, 0.25) is 0 Å². The lowest BCUT2D eigenvalue weighted by atomic mass is 10.1. The van der Waals surface area contributed by atoms with Crippen molar-refractivity contribution in [2.24, 2.45) is 0 Å². The van der Waals surface area contributed by atoms with Crippen molar-refractivity contribution in [3.8, 4) is 0 Å². The molecule has 0 saturated carbocycles. The Balaban J connectivity index is 3.79. The summed E-state index contributed by atoms with van der Waals surface area (Å²) < 4.78 is 5.01. The first-order valence-corrected chi connectivity index (χ1v) is 6.60. The van der Waals surface area contributed by atoms with Gasteiger partial charge < -0.3 is 4.74 Å². The van der Waals surface area contributed by atoms with Crippen LogP contribution < -0.4 is 0 Å². The molecule has 0 aromatic rings. The minimum atomic E-state index is -0.255. The largest absolute Gasteiger partial charge is 0.431 e. The highest BCUT2D eigenvalue weighted by molar-refractivity contribution is 5.67. The van der Waals surface area contributed by atoms with Gasteiger partial charge >= 0.3 is 5.97 Å². The lowest BCUT2D eigenvalue weighted by Gasteiger charge is -2.03. The van der Waals surface area contributed by atoms with E-state index in [1.54, 1.807) is 0 Å². The molecular weight excluding hydrogens is 212 g/mol. The Morgan fingerprint density at radius 3 is 2.29 bits per heavy atom. The fraction of sp³-hybridized carbons (Fsp3) is 0.667. The Hall–Kier alpha value is -1.05. The molecule has 0 saturated heterocycles. The average molecular weight is 238 g/mol. The van der Waals surface area contributed by atoms with Gasteiger partial charge in [0.1, 0.15) is 5.76 Å². The third-order valence-electron chi connectivity index (χ3n) is 2.69. The van der Waals surface area contributed by atoms with Crippen molar-refractivity contribution in [3.63, 3.8) is 0 Å². The summed E-state index contributed by atoms with van der Waals surface area (Å²) in [4.78, 5) is 10.8. The molecule has 0 aliphatic rings. The van der Waals surface area contributed by atoms with E-state index in [9.17, 15) is 4.79 Å². The first-order valence-electron chi connectivity index (χ1n) is 6.60. The highest BCUT2D eigenvalue weighted by Gasteiger charge is 1.97. The van der Waals surface area contributed by atoms with Gasteiger partial charge in [0.25, 0.3) is 0 Å². The van der Waals surface area contributed by atoms with Crippen LogP contribution in [0.2, 0.25) is 0 Å². The zero-order valence-electron chi connectivity index (χ0n) is 11.7. The van der Waals surface area contributed by atoms with Gasteiger partial charge in [0.05, 0.1) is 0 Å². The maximum atomic E-state index is 10.8. The summed E-state index contributed by atoms with van der Waals surface area (Å²) in [5, 5.41) is 0. The number of esters is 1. The van der Waals surface area contributed by atoms with Crippen molar-refractivity contribution in [1.82, 2.24) is 0 Å². The molecular formula is C15H26O2. The third kappa shape index (κ3) is 9.86. The summed E-state index contributed by atoms with van der Waals surface area (Å²) in [5.41, 5.74) is 1.02. The molecule has 0 atom stereocenters. The van der Waals surface area contributed by atoms with Gasteiger partial charge in [-0.15, -0.1) is 0 Å². The smallest absolute Gasteiger partial charge is 0.307 e. The molecule has 0 N–H and O–H groups in total. The van der Waals surface area contributed by atoms with Gasteiger partial charge in [0, 0.05) is 6.92 Å². The van der Waals surface area contributed by atoms with E-state index >= 15 is 0 Å². The van der Waals surface area contributed by atoms with Gasteiger partial charge in [-0.1, -0.05) is 44.8 Å². The van der Waals surface area contributed by atoms with Crippen molar-refractivity contribution >= 4 is 5.97 Å². The van der Waals surface area contributed by atoms with E-state index in [2.05, 4.69) is 13.0 Å². The van der Waals surface area contributed by atoms with Gasteiger partial charge in [-0.05, 0) is 32.3 Å². The van der Waals surface area contributed by atoms with E-state index in [1.807, 2.05) is 19.9 Å². The third-order valence-corrected chi connectivity index (χ3v) is 2.69. The van der Waals surface area contributed by atoms with Crippen LogP contribution in [0.5, 0.6) is 0 Å². The Labute approximate surface area is 106 Å². The minimum absolute atomic E-state index is 0.255. The van der Waals surface area contributed by atoms with Crippen LogP contribution in [0.3, 0.4) is 0 Å². The zero-order chi connectivity index (χ0) is 13.1. The monoisotopic (exact) mass is 238 g/mol. The second kappa shape index (κ2) is 10.1. The van der Waals surface area contributed by atoms with Crippen molar-refractivity contribution < 1.29 is 9.53 Å². The molecule has 17 heavy (non-hydrogen) atoms. The molecule has 2 nitrogen and oxygen atoms in total. The van der Waals surface area contributed by atoms with Crippen LogP contribution in [-0.4, -0.2) is 5.97 Å². The summed E-state index contributed by atoms with van der Waals surface area (Å²) in [5.74, 6) is 0.439. The second-order valence-electron chi connectivity index (χ2n) is 4.44. The van der Waals surface area contributed by atoms with E-state index < -0.39 is 0 Å². The Kier molecular flexibility index (Phi) is 9.50. The van der Waals surface area contributed by atoms with Gasteiger partial charge in [-0.3, -0.25) is 4.79 Å². The number of ether oxygens (including phenoxy) is 1. The lowest BCUT2D eigenvalue weighted by Crippen LogP contribution is -1.97. The second-order valence-corrected chi connectivity index (χ2v) is 4.44. The molecule has 0 aliphatic heterocycles. The number of carbonyl (C=O) groups excluding carboxylic acids is 1. The number of rotatable bonds is 8. The minimum Gasteiger partial charge on any atom is -0.431 e. The highest BCUT2D eigenvalue weighted by atomic mass is 16.5. The molecule has 98 valence electrons. The molecule has 0 amide bonds. The predicted molar refractivity (Wildman–Crippen MR) is 72.7 cm³/mol. The SMILES string of the molecule is CCCCCCCC=CC(C)=C(C)OC(C)=O. The van der Waals surface area contributed by atoms with Crippen LogP contribution >= 0.6 is 0 Å². The number of unbranched alkanes of at least 4 members (excludes halogenated alkanes) is 5. The molecule has 0 aromatic heterocycles. The Morgan fingerprint density at radius 1 is 1.06 bits per heavy atom. The number of allylic oxidation sites excluding steroid dienone is 4. The van der Waals surface area contributed by atoms with Gasteiger partial charge in [-0.25, -0.2) is 0 Å². The van der Waals surface area contributed by atoms with Crippen LogP contribution in [0, 0.1) is 0 Å². The molecule has 0 spiro atoms. The molecule has 0 aliphatic carbocycles. The Bertz CT molecular complexity index is 275. The normalized spacial score (nSPS) is 12.7. The standard InChI is InChI=1S/C15H26O2/c1-5-6-7-8-9-10-11-12-13(2)14(3)17-15(4)16/h11-12H,5-10H2,1-4H3. The van der Waals surface area contributed by atoms with E-state index in [-0.39, 0.29) is 5.97 Å². The van der Waals surface area contributed by atoms with Crippen molar-refractivity contribution in [3.05, 3.63) is 23.5 Å². The molecule has 0 rings (SSSR count). The number of hydrogen-bond donors (Lipinski definition) is 0. The van der Waals surface area contributed by atoms with Crippen LogP contribution in [0.25, 0.3) is 0 Å². The maximum absolute atomic E-state index is 10.8. The average Bonchev–Trinajstić information content (AvgIpc) is 2.26. The molecule has 0 radical (unpaired) electrons. The maximum Gasteiger partial charge on any atom is 0.307 e. The molecule has 0 fully saturated rings. The quantitative estimate of drug-likeness (QED) is 0.264. The molecule has 0 bridgehead atoms. The predicted octanol–water partition coefficient (Wildman–Crippen LogP) is 4.76. The summed E-state index contributed by atoms with van der Waals surface area (Å²) in [7, 11) is 0. The van der Waals surface area contributed by atoms with Crippen LogP contribution in [0.1, 0.15) is 66.2 Å². The molecule has 0 aromatic carbocycles. The van der Waals surface area contributed by atoms with Crippen molar-refractivity contribution in [2.75, 3.05) is 0 Å². The van der Waals surface area contributed by atoms with E-state index in [1.165, 1.54) is 39.0 Å². The lowest BCUT2D eigenvalue weighted by molar-refractivity contribution is -0.136. The van der Waals surface area contributed by atoms with Gasteiger partial charge in [-0.2, -0.15) is 0 Å². The van der Waals surface area contributed by atoms with Crippen molar-refractivity contribution in [2.45, 2.75) is 66.2 Å². The topological polar surface area (TPSA) is 26.3 Å². The molecule has 0 heterocycles. The Morgan fingerprint density at radius 2 is 1.71 bits per heavy atom. The molecule has 2 heteroatoms. The fourth-order valence-electron chi connectivity index (χ4n) is 1.54. The van der Waals surface area contributed by atoms with E-state index in [4.69, 9.17) is 4.74 Å². The van der Waals surface area contributed by atoms with Crippen LogP contribution in [0.4, 0.5) is 0 Å². The number of carbonyl (C=O) groups is 1. The summed E-state index contributed by atoms with van der Waals surface area (Å²) in [6.07, 6.45) is 11.8. The summed E-state index contributed by atoms with van der Waals surface area (Å²) >= 11 is 0. The van der Waals surface area contributed by atoms with E-state index in [0.717, 1.165) is 12.0 Å². The first-order chi connectivity index (χ1) is 8.07. The first kappa shape index (κ1) is 16.0. The van der Waals surface area contributed by atoms with Gasteiger partial charge in [0.15, 0.2) is 0 Å². The zero-order valence-corrected chi connectivity index (χ0v) is 11.7. The highest BCUT2D eigenvalue weighted by Crippen LogP contribution is 2.09. The number of hydrogen-bond acceptors (Lipinski definition) is 2. The molecule has 0 unspecified atom stereocenters. The summed E-state index contributed by atoms with van der Waals surface area (Å²) in [6.45, 7) is 7.44.